The number of fused-ring (bicyclic) bond motifs is 1. The summed E-state index contributed by atoms with van der Waals surface area (Å²) in [5.41, 5.74) is 2.79. The molecule has 0 atom stereocenters. The van der Waals surface area contributed by atoms with E-state index in [-0.39, 0.29) is 5.91 Å². The molecule has 2 aliphatic heterocycles. The number of aliphatic carboxylic acids is 1. The zero-order valence-electron chi connectivity index (χ0n) is 23.9. The lowest BCUT2D eigenvalue weighted by Crippen LogP contribution is -2.42. The second-order valence-electron chi connectivity index (χ2n) is 9.99. The molecule has 1 saturated heterocycles. The van der Waals surface area contributed by atoms with Gasteiger partial charge in [0.25, 0.3) is 5.91 Å². The van der Waals surface area contributed by atoms with Gasteiger partial charge in [-0.2, -0.15) is 13.2 Å². The van der Waals surface area contributed by atoms with Gasteiger partial charge < -0.3 is 25.0 Å². The van der Waals surface area contributed by atoms with Gasteiger partial charge in [-0.05, 0) is 51.2 Å². The number of carboxylic acid groups (broad SMARTS) is 1. The number of alkyl halides is 3. The molecule has 2 N–H and O–H groups in total. The Kier molecular flexibility index (Phi) is 10.7. The number of benzene rings is 2. The van der Waals surface area contributed by atoms with E-state index in [0.717, 1.165) is 43.1 Å². The SMILES string of the molecule is COc1cc(Nc2ncc3c(n2)SCN(c2c(Cl)cccc2Cl)C3=O)ccc1N1CCC(N(C)C)CC1.O=C(O)C(F)(F)F. The van der Waals surface area contributed by atoms with Gasteiger partial charge in [0, 0.05) is 37.1 Å². The van der Waals surface area contributed by atoms with Crippen LogP contribution in [0.4, 0.5) is 36.2 Å². The molecule has 5 rings (SSSR count). The van der Waals surface area contributed by atoms with Crippen LogP contribution in [0.3, 0.4) is 0 Å². The van der Waals surface area contributed by atoms with Gasteiger partial charge in [-0.3, -0.25) is 9.69 Å². The number of ether oxygens (including phenoxy) is 1. The number of amides is 1. The molecule has 0 unspecified atom stereocenters. The minimum Gasteiger partial charge on any atom is -0.495 e. The first-order valence-corrected chi connectivity index (χ1v) is 15.0. The smallest absolute Gasteiger partial charge is 0.490 e. The van der Waals surface area contributed by atoms with Crippen molar-refractivity contribution in [3.63, 3.8) is 0 Å². The number of hydrogen-bond donors (Lipinski definition) is 2. The van der Waals surface area contributed by atoms with Crippen LogP contribution in [0.2, 0.25) is 10.0 Å². The molecule has 236 valence electrons. The molecule has 0 bridgehead atoms. The van der Waals surface area contributed by atoms with E-state index in [1.165, 1.54) is 18.0 Å². The lowest BCUT2D eigenvalue weighted by atomic mass is 10.0. The molecule has 1 amide bonds. The van der Waals surface area contributed by atoms with Crippen molar-refractivity contribution in [1.82, 2.24) is 14.9 Å². The normalized spacial score (nSPS) is 15.4. The first-order chi connectivity index (χ1) is 20.8. The number of rotatable bonds is 6. The Balaban J connectivity index is 0.000000566. The minimum atomic E-state index is -5.08. The van der Waals surface area contributed by atoms with Crippen molar-refractivity contribution in [3.8, 4) is 5.75 Å². The second kappa shape index (κ2) is 14.1. The summed E-state index contributed by atoms with van der Waals surface area (Å²) in [6, 6.07) is 11.8. The van der Waals surface area contributed by atoms with Crippen molar-refractivity contribution in [1.29, 1.82) is 0 Å². The van der Waals surface area contributed by atoms with Crippen molar-refractivity contribution < 1.29 is 32.6 Å². The third kappa shape index (κ3) is 7.78. The number of nitrogens with zero attached hydrogens (tertiary/aromatic N) is 5. The van der Waals surface area contributed by atoms with Crippen molar-refractivity contribution in [2.45, 2.75) is 30.1 Å². The molecule has 0 saturated carbocycles. The average molecular weight is 674 g/mol. The lowest BCUT2D eigenvalue weighted by molar-refractivity contribution is -0.192. The summed E-state index contributed by atoms with van der Waals surface area (Å²) in [6.45, 7) is 1.98. The average Bonchev–Trinajstić information content (AvgIpc) is 2.98. The van der Waals surface area contributed by atoms with Crippen molar-refractivity contribution in [3.05, 3.63) is 58.2 Å². The van der Waals surface area contributed by atoms with E-state index in [4.69, 9.17) is 37.8 Å². The predicted octanol–water partition coefficient (Wildman–Crippen LogP) is 6.41. The maximum absolute atomic E-state index is 13.2. The molecule has 0 spiro atoms. The molecule has 2 aliphatic rings. The Hall–Kier alpha value is -3.46. The van der Waals surface area contributed by atoms with Crippen LogP contribution in [0, 0.1) is 0 Å². The molecule has 1 aromatic heterocycles. The van der Waals surface area contributed by atoms with Gasteiger partial charge in [-0.1, -0.05) is 41.0 Å². The summed E-state index contributed by atoms with van der Waals surface area (Å²) < 4.78 is 37.5. The van der Waals surface area contributed by atoms with Gasteiger partial charge in [0.1, 0.15) is 10.8 Å². The van der Waals surface area contributed by atoms with Crippen LogP contribution in [0.5, 0.6) is 5.75 Å². The predicted molar refractivity (Wildman–Crippen MR) is 165 cm³/mol. The van der Waals surface area contributed by atoms with Gasteiger partial charge in [0.15, 0.2) is 0 Å². The summed E-state index contributed by atoms with van der Waals surface area (Å²) in [4.78, 5) is 37.3. The Labute approximate surface area is 266 Å². The molecule has 3 aromatic rings. The van der Waals surface area contributed by atoms with Crippen LogP contribution < -0.4 is 19.9 Å². The number of aromatic nitrogens is 2. The highest BCUT2D eigenvalue weighted by molar-refractivity contribution is 7.99. The van der Waals surface area contributed by atoms with E-state index in [2.05, 4.69) is 45.2 Å². The molecule has 0 radical (unpaired) electrons. The van der Waals surface area contributed by atoms with Gasteiger partial charge >= 0.3 is 12.1 Å². The van der Waals surface area contributed by atoms with E-state index in [9.17, 15) is 18.0 Å². The molecule has 0 aliphatic carbocycles. The number of piperidine rings is 1. The fourth-order valence-electron chi connectivity index (χ4n) is 4.69. The summed E-state index contributed by atoms with van der Waals surface area (Å²) >= 11 is 14.1. The number of anilines is 4. The van der Waals surface area contributed by atoms with Gasteiger partial charge in [-0.25, -0.2) is 14.8 Å². The molecule has 1 fully saturated rings. The fraction of sp³-hybridized carbons (Fsp3) is 0.357. The number of nitrogens with one attached hydrogen (secondary N) is 1. The molecule has 10 nitrogen and oxygen atoms in total. The Morgan fingerprint density at radius 3 is 2.36 bits per heavy atom. The third-order valence-corrected chi connectivity index (χ3v) is 8.56. The van der Waals surface area contributed by atoms with Crippen molar-refractivity contribution >= 4 is 69.9 Å². The summed E-state index contributed by atoms with van der Waals surface area (Å²) in [6.07, 6.45) is -1.30. The fourth-order valence-corrected chi connectivity index (χ4v) is 6.24. The molecule has 3 heterocycles. The van der Waals surface area contributed by atoms with E-state index in [1.807, 2.05) is 12.1 Å². The van der Waals surface area contributed by atoms with Crippen LogP contribution in [0.1, 0.15) is 23.2 Å². The first-order valence-electron chi connectivity index (χ1n) is 13.2. The molecule has 16 heteroatoms. The van der Waals surface area contributed by atoms with Crippen LogP contribution in [0.15, 0.2) is 47.6 Å². The number of para-hydroxylation sites is 1. The summed E-state index contributed by atoms with van der Waals surface area (Å²) in [5.74, 6) is -1.45. The lowest BCUT2D eigenvalue weighted by Gasteiger charge is -2.37. The molecule has 44 heavy (non-hydrogen) atoms. The van der Waals surface area contributed by atoms with E-state index in [1.54, 1.807) is 30.2 Å². The third-order valence-electron chi connectivity index (χ3n) is 6.98. The number of halogens is 5. The van der Waals surface area contributed by atoms with E-state index in [0.29, 0.717) is 44.2 Å². The number of carboxylic acids is 1. The Morgan fingerprint density at radius 1 is 1.16 bits per heavy atom. The first kappa shape index (κ1) is 33.4. The van der Waals surface area contributed by atoms with Gasteiger partial charge in [0.2, 0.25) is 5.95 Å². The Morgan fingerprint density at radius 2 is 1.80 bits per heavy atom. The number of carbonyl (C=O) groups is 2. The minimum absolute atomic E-state index is 0.237. The molecule has 2 aromatic carbocycles. The maximum atomic E-state index is 13.2. The highest BCUT2D eigenvalue weighted by Crippen LogP contribution is 2.40. The largest absolute Gasteiger partial charge is 0.495 e. The van der Waals surface area contributed by atoms with Gasteiger partial charge in [-0.15, -0.1) is 0 Å². The highest BCUT2D eigenvalue weighted by Gasteiger charge is 2.38. The zero-order chi connectivity index (χ0) is 32.2. The van der Waals surface area contributed by atoms with Crippen LogP contribution in [-0.4, -0.2) is 84.2 Å². The molecular weight excluding hydrogens is 644 g/mol. The van der Waals surface area contributed by atoms with Crippen LogP contribution in [-0.2, 0) is 4.79 Å². The monoisotopic (exact) mass is 672 g/mol. The Bertz CT molecular complexity index is 1500. The van der Waals surface area contributed by atoms with Gasteiger partial charge in [0.05, 0.1) is 40.0 Å². The maximum Gasteiger partial charge on any atom is 0.490 e. The second-order valence-corrected chi connectivity index (χ2v) is 11.7. The van der Waals surface area contributed by atoms with Crippen molar-refractivity contribution in [2.75, 3.05) is 55.3 Å². The van der Waals surface area contributed by atoms with E-state index >= 15 is 0 Å². The van der Waals surface area contributed by atoms with E-state index < -0.39 is 12.1 Å². The zero-order valence-corrected chi connectivity index (χ0v) is 26.2. The standard InChI is InChI=1S/C26H28Cl2N6O2S.C2HF3O2/c1-32(2)17-9-11-33(12-10-17)21-8-7-16(13-22(21)36-3)30-26-29-14-18-24(31-26)37-15-34(25(18)35)23-19(27)5-4-6-20(23)28;3-2(4,5)1(6)7/h4-8,13-14,17H,9-12,15H2,1-3H3,(H,29,30,31);(H,6,7). The number of methoxy groups -OCH3 is 1. The highest BCUT2D eigenvalue weighted by atomic mass is 35.5. The van der Waals surface area contributed by atoms with Crippen LogP contribution in [0.25, 0.3) is 0 Å². The quantitative estimate of drug-likeness (QED) is 0.285. The number of hydrogen-bond acceptors (Lipinski definition) is 9. The number of thioether (sulfide) groups is 1. The summed E-state index contributed by atoms with van der Waals surface area (Å²) in [5, 5.41) is 11.8. The van der Waals surface area contributed by atoms with Crippen molar-refractivity contribution in [2.24, 2.45) is 0 Å². The van der Waals surface area contributed by atoms with Crippen LogP contribution >= 0.6 is 35.0 Å². The summed E-state index contributed by atoms with van der Waals surface area (Å²) in [7, 11) is 5.97. The molecular formula is C28H29Cl2F3N6O4S. The topological polar surface area (TPSA) is 111 Å². The number of carbonyl (C=O) groups excluding carboxylic acids is 1.